The van der Waals surface area contributed by atoms with Crippen molar-refractivity contribution in [3.05, 3.63) is 29.3 Å². The molecule has 5 nitrogen and oxygen atoms in total. The zero-order chi connectivity index (χ0) is 16.8. The van der Waals surface area contributed by atoms with Crippen molar-refractivity contribution in [2.75, 3.05) is 11.9 Å². The predicted molar refractivity (Wildman–Crippen MR) is 90.2 cm³/mol. The van der Waals surface area contributed by atoms with Gasteiger partial charge in [-0.15, -0.1) is 0 Å². The van der Waals surface area contributed by atoms with E-state index in [-0.39, 0.29) is 12.6 Å². The molecule has 1 aromatic rings. The Kier molecular flexibility index (Phi) is 6.16. The van der Waals surface area contributed by atoms with E-state index in [9.17, 15) is 9.59 Å². The Morgan fingerprint density at radius 3 is 2.52 bits per heavy atom. The Morgan fingerprint density at radius 1 is 1.22 bits per heavy atom. The zero-order valence-electron chi connectivity index (χ0n) is 13.9. The molecule has 0 bridgehead atoms. The summed E-state index contributed by atoms with van der Waals surface area (Å²) in [6.45, 7) is 4.08. The van der Waals surface area contributed by atoms with Crippen LogP contribution >= 0.6 is 0 Å². The van der Waals surface area contributed by atoms with Gasteiger partial charge < -0.3 is 15.7 Å². The van der Waals surface area contributed by atoms with Gasteiger partial charge in [0.05, 0.1) is 0 Å². The second kappa shape index (κ2) is 8.11. The summed E-state index contributed by atoms with van der Waals surface area (Å²) in [5, 5.41) is 14.6. The van der Waals surface area contributed by atoms with Crippen molar-refractivity contribution in [3.63, 3.8) is 0 Å². The van der Waals surface area contributed by atoms with Crippen LogP contribution in [0.3, 0.4) is 0 Å². The lowest BCUT2D eigenvalue weighted by molar-refractivity contribution is -0.136. The molecule has 1 aromatic carbocycles. The summed E-state index contributed by atoms with van der Waals surface area (Å²) >= 11 is 0. The molecule has 1 aliphatic rings. The van der Waals surface area contributed by atoms with Gasteiger partial charge in [-0.25, -0.2) is 0 Å². The topological polar surface area (TPSA) is 78.4 Å². The summed E-state index contributed by atoms with van der Waals surface area (Å²) in [6.07, 6.45) is 4.25. The molecule has 3 N–H and O–H groups in total. The van der Waals surface area contributed by atoms with E-state index in [4.69, 9.17) is 5.11 Å². The standard InChI is InChI=1S/C18H26N2O3/c1-3-12-5-6-13(4-2)16(11-12)20-18(23)17(22)19-15(9-10-21)14-7-8-14/h5-6,11,14-15,21H,3-4,7-10H2,1-2H3,(H,19,22)(H,20,23). The molecule has 0 heterocycles. The van der Waals surface area contributed by atoms with Crippen molar-refractivity contribution in [1.29, 1.82) is 0 Å². The highest BCUT2D eigenvalue weighted by molar-refractivity contribution is 6.39. The van der Waals surface area contributed by atoms with Crippen LogP contribution in [-0.4, -0.2) is 29.6 Å². The average Bonchev–Trinajstić information content (AvgIpc) is 3.39. The molecule has 126 valence electrons. The number of aryl methyl sites for hydroxylation is 2. The minimum Gasteiger partial charge on any atom is -0.396 e. The lowest BCUT2D eigenvalue weighted by Crippen LogP contribution is -2.43. The van der Waals surface area contributed by atoms with E-state index < -0.39 is 11.8 Å². The van der Waals surface area contributed by atoms with Crippen molar-refractivity contribution < 1.29 is 14.7 Å². The van der Waals surface area contributed by atoms with Gasteiger partial charge in [0, 0.05) is 18.3 Å². The molecule has 0 saturated heterocycles. The van der Waals surface area contributed by atoms with Crippen LogP contribution in [0.4, 0.5) is 5.69 Å². The molecule has 0 spiro atoms. The number of carbonyl (C=O) groups excluding carboxylic acids is 2. The molecule has 1 atom stereocenters. The third kappa shape index (κ3) is 4.79. The van der Waals surface area contributed by atoms with Crippen LogP contribution in [0, 0.1) is 5.92 Å². The molecule has 2 rings (SSSR count). The molecular formula is C18H26N2O3. The van der Waals surface area contributed by atoms with Crippen LogP contribution in [0.5, 0.6) is 0 Å². The van der Waals surface area contributed by atoms with Gasteiger partial charge >= 0.3 is 11.8 Å². The molecule has 1 aliphatic carbocycles. The highest BCUT2D eigenvalue weighted by atomic mass is 16.3. The fourth-order valence-electron chi connectivity index (χ4n) is 2.74. The summed E-state index contributed by atoms with van der Waals surface area (Å²) in [6, 6.07) is 5.85. The van der Waals surface area contributed by atoms with E-state index in [1.165, 1.54) is 0 Å². The first-order valence-electron chi connectivity index (χ1n) is 8.43. The van der Waals surface area contributed by atoms with E-state index in [1.807, 2.05) is 32.0 Å². The van der Waals surface area contributed by atoms with Crippen molar-refractivity contribution in [2.45, 2.75) is 52.0 Å². The zero-order valence-corrected chi connectivity index (χ0v) is 13.9. The molecule has 1 unspecified atom stereocenters. The van der Waals surface area contributed by atoms with Crippen molar-refractivity contribution in [1.82, 2.24) is 5.32 Å². The van der Waals surface area contributed by atoms with E-state index in [0.29, 0.717) is 18.0 Å². The van der Waals surface area contributed by atoms with Gasteiger partial charge in [-0.1, -0.05) is 26.0 Å². The molecule has 1 fully saturated rings. The largest absolute Gasteiger partial charge is 0.396 e. The molecule has 0 aliphatic heterocycles. The molecular weight excluding hydrogens is 292 g/mol. The quantitative estimate of drug-likeness (QED) is 0.673. The highest BCUT2D eigenvalue weighted by Gasteiger charge is 2.33. The fourth-order valence-corrected chi connectivity index (χ4v) is 2.74. The first-order valence-corrected chi connectivity index (χ1v) is 8.43. The predicted octanol–water partition coefficient (Wildman–Crippen LogP) is 2.03. The fraction of sp³-hybridized carbons (Fsp3) is 0.556. The van der Waals surface area contributed by atoms with Crippen molar-refractivity contribution in [3.8, 4) is 0 Å². The molecule has 0 aromatic heterocycles. The van der Waals surface area contributed by atoms with Gasteiger partial charge in [-0.05, 0) is 55.2 Å². The molecule has 0 radical (unpaired) electrons. The Labute approximate surface area is 137 Å². The van der Waals surface area contributed by atoms with Gasteiger partial charge in [0.1, 0.15) is 0 Å². The monoisotopic (exact) mass is 318 g/mol. The maximum absolute atomic E-state index is 12.2. The summed E-state index contributed by atoms with van der Waals surface area (Å²) < 4.78 is 0. The first kappa shape index (κ1) is 17.5. The molecule has 5 heteroatoms. The number of aliphatic hydroxyl groups excluding tert-OH is 1. The molecule has 2 amide bonds. The van der Waals surface area contributed by atoms with Gasteiger partial charge in [-0.2, -0.15) is 0 Å². The van der Waals surface area contributed by atoms with Crippen LogP contribution in [0.2, 0.25) is 0 Å². The number of carbonyl (C=O) groups is 2. The Balaban J connectivity index is 2.01. The SMILES string of the molecule is CCc1ccc(CC)c(NC(=O)C(=O)NC(CCO)C2CC2)c1. The van der Waals surface area contributed by atoms with Gasteiger partial charge in [-0.3, -0.25) is 9.59 Å². The average molecular weight is 318 g/mol. The summed E-state index contributed by atoms with van der Waals surface area (Å²) in [7, 11) is 0. The minimum atomic E-state index is -0.642. The van der Waals surface area contributed by atoms with Crippen LogP contribution < -0.4 is 10.6 Å². The minimum absolute atomic E-state index is 0.0155. The number of nitrogens with one attached hydrogen (secondary N) is 2. The number of amides is 2. The normalized spacial score (nSPS) is 15.1. The highest BCUT2D eigenvalue weighted by Crippen LogP contribution is 2.33. The van der Waals surface area contributed by atoms with E-state index in [0.717, 1.165) is 36.8 Å². The second-order valence-corrected chi connectivity index (χ2v) is 6.08. The first-order chi connectivity index (χ1) is 11.1. The van der Waals surface area contributed by atoms with Crippen molar-refractivity contribution in [2.24, 2.45) is 5.92 Å². The number of aliphatic hydroxyl groups is 1. The number of hydrogen-bond donors (Lipinski definition) is 3. The molecule has 1 saturated carbocycles. The van der Waals surface area contributed by atoms with E-state index >= 15 is 0 Å². The molecule has 23 heavy (non-hydrogen) atoms. The van der Waals surface area contributed by atoms with Gasteiger partial charge in [0.25, 0.3) is 0 Å². The third-order valence-corrected chi connectivity index (χ3v) is 4.37. The summed E-state index contributed by atoms with van der Waals surface area (Å²) in [4.78, 5) is 24.3. The van der Waals surface area contributed by atoms with Gasteiger partial charge in [0.15, 0.2) is 0 Å². The lowest BCUT2D eigenvalue weighted by Gasteiger charge is -2.17. The van der Waals surface area contributed by atoms with E-state index in [1.54, 1.807) is 0 Å². The number of hydrogen-bond acceptors (Lipinski definition) is 3. The smallest absolute Gasteiger partial charge is 0.313 e. The maximum Gasteiger partial charge on any atom is 0.313 e. The van der Waals surface area contributed by atoms with Crippen LogP contribution in [-0.2, 0) is 22.4 Å². The lowest BCUT2D eigenvalue weighted by atomic mass is 10.1. The van der Waals surface area contributed by atoms with Crippen LogP contribution in [0.25, 0.3) is 0 Å². The van der Waals surface area contributed by atoms with Crippen LogP contribution in [0.1, 0.15) is 44.2 Å². The number of benzene rings is 1. The van der Waals surface area contributed by atoms with Crippen LogP contribution in [0.15, 0.2) is 18.2 Å². The summed E-state index contributed by atoms with van der Waals surface area (Å²) in [5.41, 5.74) is 2.84. The van der Waals surface area contributed by atoms with Gasteiger partial charge in [0.2, 0.25) is 0 Å². The summed E-state index contributed by atoms with van der Waals surface area (Å²) in [5.74, 6) is -0.871. The van der Waals surface area contributed by atoms with Crippen molar-refractivity contribution >= 4 is 17.5 Å². The second-order valence-electron chi connectivity index (χ2n) is 6.08. The number of rotatable bonds is 7. The maximum atomic E-state index is 12.2. The Morgan fingerprint density at radius 2 is 1.96 bits per heavy atom. The van der Waals surface area contributed by atoms with E-state index in [2.05, 4.69) is 10.6 Å². The Bertz CT molecular complexity index is 567. The number of anilines is 1. The third-order valence-electron chi connectivity index (χ3n) is 4.37. The Hall–Kier alpha value is -1.88.